The van der Waals surface area contributed by atoms with Gasteiger partial charge in [0.2, 0.25) is 0 Å². The summed E-state index contributed by atoms with van der Waals surface area (Å²) in [5.41, 5.74) is 2.54. The van der Waals surface area contributed by atoms with Crippen LogP contribution in [-0.2, 0) is 6.54 Å². The Hall–Kier alpha value is -2.63. The number of aromatic nitrogens is 2. The van der Waals surface area contributed by atoms with Gasteiger partial charge in [0.25, 0.3) is 5.91 Å². The number of hydrogen-bond acceptors (Lipinski definition) is 4. The summed E-state index contributed by atoms with van der Waals surface area (Å²) >= 11 is 0. The van der Waals surface area contributed by atoms with E-state index >= 15 is 0 Å². The highest BCUT2D eigenvalue weighted by Crippen LogP contribution is 2.21. The predicted molar refractivity (Wildman–Crippen MR) is 93.9 cm³/mol. The number of nitrogens with zero attached hydrogens (tertiary/aromatic N) is 2. The standard InChI is InChI=1S/C19H23N3O3/c1-4-11-22-13(3)17(12(2)21-22)19(24)25-16-9-5-14(6-10-16)18(23)20-15-7-8-15/h5-6,9-10,15H,4,7-8,11H2,1-3H3,(H,20,23). The molecule has 1 amide bonds. The van der Waals surface area contributed by atoms with E-state index in [9.17, 15) is 9.59 Å². The lowest BCUT2D eigenvalue weighted by molar-refractivity contribution is 0.0733. The molecule has 6 heteroatoms. The van der Waals surface area contributed by atoms with Gasteiger partial charge in [-0.15, -0.1) is 0 Å². The summed E-state index contributed by atoms with van der Waals surface area (Å²) in [6, 6.07) is 6.93. The molecule has 0 saturated heterocycles. The van der Waals surface area contributed by atoms with Gasteiger partial charge in [-0.05, 0) is 57.4 Å². The molecule has 6 nitrogen and oxygen atoms in total. The second-order valence-corrected chi connectivity index (χ2v) is 6.43. The van der Waals surface area contributed by atoms with Crippen LogP contribution >= 0.6 is 0 Å². The number of aryl methyl sites for hydroxylation is 2. The van der Waals surface area contributed by atoms with Crippen LogP contribution in [0.3, 0.4) is 0 Å². The average molecular weight is 341 g/mol. The molecule has 1 fully saturated rings. The number of amides is 1. The Balaban J connectivity index is 1.69. The first-order chi connectivity index (χ1) is 12.0. The zero-order chi connectivity index (χ0) is 18.0. The van der Waals surface area contributed by atoms with Gasteiger partial charge in [-0.3, -0.25) is 9.48 Å². The molecule has 1 aliphatic rings. The molecule has 0 spiro atoms. The normalized spacial score (nSPS) is 13.6. The average Bonchev–Trinajstić information content (AvgIpc) is 3.34. The Morgan fingerprint density at radius 2 is 1.92 bits per heavy atom. The number of nitrogens with one attached hydrogen (secondary N) is 1. The van der Waals surface area contributed by atoms with Crippen molar-refractivity contribution in [2.75, 3.05) is 0 Å². The topological polar surface area (TPSA) is 73.2 Å². The number of ether oxygens (including phenoxy) is 1. The first kappa shape index (κ1) is 17.2. The molecule has 0 bridgehead atoms. The lowest BCUT2D eigenvalue weighted by Gasteiger charge is -2.07. The van der Waals surface area contributed by atoms with E-state index in [1.54, 1.807) is 31.2 Å². The van der Waals surface area contributed by atoms with Crippen LogP contribution in [-0.4, -0.2) is 27.7 Å². The predicted octanol–water partition coefficient (Wildman–Crippen LogP) is 3.02. The van der Waals surface area contributed by atoms with Crippen molar-refractivity contribution in [3.63, 3.8) is 0 Å². The van der Waals surface area contributed by atoms with E-state index in [0.29, 0.717) is 28.6 Å². The van der Waals surface area contributed by atoms with Gasteiger partial charge in [-0.1, -0.05) is 6.92 Å². The summed E-state index contributed by atoms with van der Waals surface area (Å²) in [6.07, 6.45) is 3.04. The number of carbonyl (C=O) groups is 2. The third-order valence-electron chi connectivity index (χ3n) is 4.26. The molecule has 132 valence electrons. The molecular weight excluding hydrogens is 318 g/mol. The summed E-state index contributed by atoms with van der Waals surface area (Å²) in [5, 5.41) is 7.32. The molecular formula is C19H23N3O3. The van der Waals surface area contributed by atoms with Crippen LogP contribution in [0.5, 0.6) is 5.75 Å². The molecule has 0 atom stereocenters. The number of carbonyl (C=O) groups excluding carboxylic acids is 2. The molecule has 1 aliphatic carbocycles. The fourth-order valence-corrected chi connectivity index (χ4v) is 2.75. The fraction of sp³-hybridized carbons (Fsp3) is 0.421. The van der Waals surface area contributed by atoms with E-state index in [1.165, 1.54) is 0 Å². The molecule has 1 saturated carbocycles. The molecule has 1 heterocycles. The van der Waals surface area contributed by atoms with Gasteiger partial charge in [0.15, 0.2) is 0 Å². The number of benzene rings is 1. The molecule has 0 unspecified atom stereocenters. The summed E-state index contributed by atoms with van der Waals surface area (Å²) < 4.78 is 7.29. The van der Waals surface area contributed by atoms with Crippen LogP contribution in [0.2, 0.25) is 0 Å². The Bertz CT molecular complexity index is 789. The van der Waals surface area contributed by atoms with Gasteiger partial charge in [0, 0.05) is 18.2 Å². The molecule has 1 N–H and O–H groups in total. The highest BCUT2D eigenvalue weighted by molar-refractivity contribution is 5.95. The lowest BCUT2D eigenvalue weighted by Crippen LogP contribution is -2.25. The molecule has 0 aliphatic heterocycles. The maximum atomic E-state index is 12.5. The molecule has 2 aromatic rings. The zero-order valence-corrected chi connectivity index (χ0v) is 14.8. The smallest absolute Gasteiger partial charge is 0.347 e. The quantitative estimate of drug-likeness (QED) is 0.647. The second kappa shape index (κ2) is 7.09. The Kier molecular flexibility index (Phi) is 4.88. The SMILES string of the molecule is CCCn1nc(C)c(C(=O)Oc2ccc(C(=O)NC3CC3)cc2)c1C. The van der Waals surface area contributed by atoms with E-state index in [0.717, 1.165) is 31.5 Å². The minimum atomic E-state index is -0.424. The van der Waals surface area contributed by atoms with Crippen molar-refractivity contribution in [2.45, 2.75) is 52.6 Å². The molecule has 0 radical (unpaired) electrons. The minimum Gasteiger partial charge on any atom is -0.423 e. The summed E-state index contributed by atoms with van der Waals surface area (Å²) in [5.74, 6) is -0.101. The highest BCUT2D eigenvalue weighted by Gasteiger charge is 2.24. The van der Waals surface area contributed by atoms with Crippen LogP contribution in [0.15, 0.2) is 24.3 Å². The van der Waals surface area contributed by atoms with Crippen molar-refractivity contribution < 1.29 is 14.3 Å². The van der Waals surface area contributed by atoms with Crippen molar-refractivity contribution >= 4 is 11.9 Å². The van der Waals surface area contributed by atoms with Crippen LogP contribution in [0.25, 0.3) is 0 Å². The fourth-order valence-electron chi connectivity index (χ4n) is 2.75. The van der Waals surface area contributed by atoms with Crippen LogP contribution in [0.1, 0.15) is 58.3 Å². The van der Waals surface area contributed by atoms with Gasteiger partial charge >= 0.3 is 5.97 Å². The van der Waals surface area contributed by atoms with Gasteiger partial charge in [-0.2, -0.15) is 5.10 Å². The van der Waals surface area contributed by atoms with Gasteiger partial charge in [0.1, 0.15) is 11.3 Å². The van der Waals surface area contributed by atoms with Crippen LogP contribution < -0.4 is 10.1 Å². The van der Waals surface area contributed by atoms with E-state index in [1.807, 2.05) is 11.6 Å². The Morgan fingerprint density at radius 1 is 1.24 bits per heavy atom. The lowest BCUT2D eigenvalue weighted by atomic mass is 10.2. The molecule has 1 aromatic carbocycles. The molecule has 3 rings (SSSR count). The molecule has 1 aromatic heterocycles. The third kappa shape index (κ3) is 3.90. The molecule has 25 heavy (non-hydrogen) atoms. The van der Waals surface area contributed by atoms with E-state index in [2.05, 4.69) is 17.3 Å². The number of rotatable bonds is 6. The van der Waals surface area contributed by atoms with Crippen molar-refractivity contribution in [3.8, 4) is 5.75 Å². The van der Waals surface area contributed by atoms with Gasteiger partial charge in [-0.25, -0.2) is 4.79 Å². The minimum absolute atomic E-state index is 0.0899. The zero-order valence-electron chi connectivity index (χ0n) is 14.8. The summed E-state index contributed by atoms with van der Waals surface area (Å²) in [4.78, 5) is 24.5. The van der Waals surface area contributed by atoms with Crippen molar-refractivity contribution in [1.29, 1.82) is 0 Å². The van der Waals surface area contributed by atoms with Crippen molar-refractivity contribution in [3.05, 3.63) is 46.8 Å². The number of hydrogen-bond donors (Lipinski definition) is 1. The highest BCUT2D eigenvalue weighted by atomic mass is 16.5. The second-order valence-electron chi connectivity index (χ2n) is 6.43. The van der Waals surface area contributed by atoms with Crippen LogP contribution in [0.4, 0.5) is 0 Å². The Labute approximate surface area is 147 Å². The first-order valence-corrected chi connectivity index (χ1v) is 8.66. The van der Waals surface area contributed by atoms with Gasteiger partial charge in [0.05, 0.1) is 11.4 Å². The summed E-state index contributed by atoms with van der Waals surface area (Å²) in [7, 11) is 0. The maximum absolute atomic E-state index is 12.5. The van der Waals surface area contributed by atoms with E-state index < -0.39 is 5.97 Å². The largest absolute Gasteiger partial charge is 0.423 e. The first-order valence-electron chi connectivity index (χ1n) is 8.66. The summed E-state index contributed by atoms with van der Waals surface area (Å²) in [6.45, 7) is 6.51. The van der Waals surface area contributed by atoms with Crippen molar-refractivity contribution in [1.82, 2.24) is 15.1 Å². The maximum Gasteiger partial charge on any atom is 0.347 e. The van der Waals surface area contributed by atoms with Gasteiger partial charge < -0.3 is 10.1 Å². The number of esters is 1. The monoisotopic (exact) mass is 341 g/mol. The Morgan fingerprint density at radius 3 is 2.52 bits per heavy atom. The van der Waals surface area contributed by atoms with E-state index in [-0.39, 0.29) is 5.91 Å². The van der Waals surface area contributed by atoms with Crippen LogP contribution in [0, 0.1) is 13.8 Å². The third-order valence-corrected chi connectivity index (χ3v) is 4.26. The van der Waals surface area contributed by atoms with E-state index in [4.69, 9.17) is 4.74 Å². The van der Waals surface area contributed by atoms with Crippen molar-refractivity contribution in [2.24, 2.45) is 0 Å².